The van der Waals surface area contributed by atoms with Gasteiger partial charge in [-0.1, -0.05) is 12.1 Å². The molecule has 5 rings (SSSR count). The van der Waals surface area contributed by atoms with E-state index in [1.807, 2.05) is 12.1 Å². The summed E-state index contributed by atoms with van der Waals surface area (Å²) >= 11 is 0. The zero-order valence-corrected chi connectivity index (χ0v) is 21.9. The second-order valence-electron chi connectivity index (χ2n) is 10.8. The molecule has 1 aromatic heterocycles. The van der Waals surface area contributed by atoms with Gasteiger partial charge >= 0.3 is 12.3 Å². The minimum atomic E-state index is -4.56. The molecule has 0 spiro atoms. The Bertz CT molecular complexity index is 1250. The quantitative estimate of drug-likeness (QED) is 0.498. The highest BCUT2D eigenvalue weighted by atomic mass is 19.4. The van der Waals surface area contributed by atoms with Crippen LogP contribution in [0, 0.1) is 0 Å². The van der Waals surface area contributed by atoms with E-state index in [-0.39, 0.29) is 36.1 Å². The summed E-state index contributed by atoms with van der Waals surface area (Å²) in [5.41, 5.74) is -1.07. The van der Waals surface area contributed by atoms with Gasteiger partial charge in [0.1, 0.15) is 0 Å². The number of hydrogen-bond donors (Lipinski definition) is 3. The molecule has 3 heterocycles. The van der Waals surface area contributed by atoms with E-state index in [1.54, 1.807) is 17.2 Å². The van der Waals surface area contributed by atoms with Crippen molar-refractivity contribution in [3.63, 3.8) is 0 Å². The molecule has 2 aromatic rings. The zero-order chi connectivity index (χ0) is 28.5. The summed E-state index contributed by atoms with van der Waals surface area (Å²) in [5.74, 6) is -0.977. The first-order valence-corrected chi connectivity index (χ1v) is 13.5. The second-order valence-corrected chi connectivity index (χ2v) is 10.8. The number of carboxylic acid groups (broad SMARTS) is 1. The number of carbonyl (C=O) groups is 3. The molecule has 2 unspecified atom stereocenters. The summed E-state index contributed by atoms with van der Waals surface area (Å²) in [7, 11) is 0. The van der Waals surface area contributed by atoms with E-state index < -0.39 is 29.3 Å². The lowest BCUT2D eigenvalue weighted by atomic mass is 9.76. The van der Waals surface area contributed by atoms with Gasteiger partial charge in [-0.15, -0.1) is 0 Å². The van der Waals surface area contributed by atoms with Gasteiger partial charge in [-0.25, -0.2) is 4.79 Å². The van der Waals surface area contributed by atoms with Gasteiger partial charge in [0.05, 0.1) is 23.3 Å². The van der Waals surface area contributed by atoms with Gasteiger partial charge in [-0.05, 0) is 68.9 Å². The van der Waals surface area contributed by atoms with Crippen LogP contribution in [0.5, 0.6) is 0 Å². The number of likely N-dealkylation sites (tertiary alicyclic amines) is 2. The number of pyridine rings is 1. The Morgan fingerprint density at radius 1 is 1.00 bits per heavy atom. The first-order valence-electron chi connectivity index (χ1n) is 13.5. The number of amides is 3. The summed E-state index contributed by atoms with van der Waals surface area (Å²) in [6.07, 6.45) is 0.469. The third-order valence-corrected chi connectivity index (χ3v) is 8.57. The lowest BCUT2D eigenvalue weighted by molar-refractivity contribution is -0.137. The van der Waals surface area contributed by atoms with Crippen LogP contribution in [0.4, 0.5) is 18.0 Å². The molecule has 3 fully saturated rings. The van der Waals surface area contributed by atoms with Crippen LogP contribution >= 0.6 is 0 Å². The summed E-state index contributed by atoms with van der Waals surface area (Å²) in [4.78, 5) is 45.7. The molecule has 9 nitrogen and oxygen atoms in total. The Kier molecular flexibility index (Phi) is 7.72. The molecule has 0 radical (unpaired) electrons. The van der Waals surface area contributed by atoms with Crippen LogP contribution in [0.3, 0.4) is 0 Å². The molecule has 214 valence electrons. The lowest BCUT2D eigenvalue weighted by Crippen LogP contribution is -2.52. The van der Waals surface area contributed by atoms with Crippen LogP contribution < -0.4 is 10.6 Å². The van der Waals surface area contributed by atoms with E-state index in [0.717, 1.165) is 50.1 Å². The predicted molar refractivity (Wildman–Crippen MR) is 138 cm³/mol. The number of hydrogen-bond acceptors (Lipinski definition) is 5. The molecule has 1 saturated carbocycles. The summed E-state index contributed by atoms with van der Waals surface area (Å²) in [6.45, 7) is 1.09. The number of halogens is 3. The van der Waals surface area contributed by atoms with E-state index in [9.17, 15) is 32.7 Å². The molecular weight excluding hydrogens is 527 g/mol. The number of nitrogens with one attached hydrogen (secondary N) is 2. The van der Waals surface area contributed by atoms with E-state index in [2.05, 4.69) is 20.5 Å². The Labute approximate surface area is 229 Å². The number of rotatable bonds is 6. The van der Waals surface area contributed by atoms with Crippen LogP contribution in [0.1, 0.15) is 60.1 Å². The van der Waals surface area contributed by atoms with Gasteiger partial charge in [0, 0.05) is 43.0 Å². The number of benzene rings is 1. The van der Waals surface area contributed by atoms with Crippen LogP contribution in [-0.4, -0.2) is 75.6 Å². The van der Waals surface area contributed by atoms with Gasteiger partial charge in [-0.3, -0.25) is 19.5 Å². The lowest BCUT2D eigenvalue weighted by Gasteiger charge is -2.43. The number of aromatic nitrogens is 1. The van der Waals surface area contributed by atoms with Gasteiger partial charge in [-0.2, -0.15) is 13.2 Å². The monoisotopic (exact) mass is 559 g/mol. The highest BCUT2D eigenvalue weighted by Crippen LogP contribution is 2.42. The average molecular weight is 560 g/mol. The van der Waals surface area contributed by atoms with Gasteiger partial charge in [0.25, 0.3) is 5.91 Å². The average Bonchev–Trinajstić information content (AvgIpc) is 3.54. The first kappa shape index (κ1) is 27.9. The molecule has 1 aliphatic carbocycles. The van der Waals surface area contributed by atoms with Crippen LogP contribution in [0.2, 0.25) is 0 Å². The Morgan fingerprint density at radius 2 is 1.75 bits per heavy atom. The van der Waals surface area contributed by atoms with Gasteiger partial charge < -0.3 is 20.6 Å². The van der Waals surface area contributed by atoms with Crippen LogP contribution in [0.15, 0.2) is 48.7 Å². The number of fused-ring (bicyclic) bond motifs is 1. The maximum absolute atomic E-state index is 13.0. The highest BCUT2D eigenvalue weighted by Gasteiger charge is 2.48. The van der Waals surface area contributed by atoms with Crippen molar-refractivity contribution in [1.29, 1.82) is 0 Å². The summed E-state index contributed by atoms with van der Waals surface area (Å²) in [6, 6.07) is 10.1. The molecule has 1 aromatic carbocycles. The van der Waals surface area contributed by atoms with Crippen LogP contribution in [-0.2, 0) is 16.5 Å². The molecule has 2 aliphatic heterocycles. The molecule has 3 N–H and O–H groups in total. The van der Waals surface area contributed by atoms with Crippen molar-refractivity contribution in [3.8, 4) is 0 Å². The van der Waals surface area contributed by atoms with Gasteiger partial charge in [0.15, 0.2) is 0 Å². The molecule has 2 atom stereocenters. The van der Waals surface area contributed by atoms with Crippen molar-refractivity contribution in [2.75, 3.05) is 19.6 Å². The van der Waals surface area contributed by atoms with Gasteiger partial charge in [0.2, 0.25) is 5.91 Å². The fourth-order valence-electron chi connectivity index (χ4n) is 6.70. The molecule has 3 aliphatic rings. The van der Waals surface area contributed by atoms with Crippen LogP contribution in [0.25, 0.3) is 0 Å². The predicted octanol–water partition coefficient (Wildman–Crippen LogP) is 3.61. The van der Waals surface area contributed by atoms with Crippen molar-refractivity contribution in [2.24, 2.45) is 0 Å². The third-order valence-electron chi connectivity index (χ3n) is 8.57. The van der Waals surface area contributed by atoms with Crippen molar-refractivity contribution in [2.45, 2.75) is 68.4 Å². The summed E-state index contributed by atoms with van der Waals surface area (Å²) in [5, 5.41) is 14.7. The highest BCUT2D eigenvalue weighted by molar-refractivity contribution is 5.96. The smallest absolute Gasteiger partial charge is 0.416 e. The molecule has 3 amide bonds. The maximum Gasteiger partial charge on any atom is 0.416 e. The SMILES string of the molecule is O=C(O)N[C@]1(c2ccccn2)CC[C@@H](N2CCC3C2CCN3C(=O)CNC(=O)c2cccc(C(F)(F)F)c2)CC1. The maximum atomic E-state index is 13.0. The normalized spacial score (nSPS) is 26.8. The molecule has 0 bridgehead atoms. The minimum Gasteiger partial charge on any atom is -0.465 e. The van der Waals surface area contributed by atoms with Crippen molar-refractivity contribution in [3.05, 3.63) is 65.5 Å². The van der Waals surface area contributed by atoms with E-state index in [0.29, 0.717) is 19.4 Å². The fraction of sp³-hybridized carbons (Fsp3) is 0.500. The van der Waals surface area contributed by atoms with E-state index in [4.69, 9.17) is 0 Å². The van der Waals surface area contributed by atoms with E-state index >= 15 is 0 Å². The molecular formula is C28H32F3N5O4. The Hall–Kier alpha value is -3.67. The molecule has 2 saturated heterocycles. The van der Waals surface area contributed by atoms with Crippen molar-refractivity contribution in [1.82, 2.24) is 25.4 Å². The second kappa shape index (κ2) is 11.1. The zero-order valence-electron chi connectivity index (χ0n) is 21.9. The van der Waals surface area contributed by atoms with E-state index in [1.165, 1.54) is 12.1 Å². The fourth-order valence-corrected chi connectivity index (χ4v) is 6.70. The van der Waals surface area contributed by atoms with Crippen molar-refractivity contribution >= 4 is 17.9 Å². The minimum absolute atomic E-state index is 0.0116. The Morgan fingerprint density at radius 3 is 2.42 bits per heavy atom. The molecule has 40 heavy (non-hydrogen) atoms. The molecule has 12 heteroatoms. The largest absolute Gasteiger partial charge is 0.465 e. The number of alkyl halides is 3. The Balaban J connectivity index is 1.17. The number of carbonyl (C=O) groups excluding carboxylic acids is 2. The summed E-state index contributed by atoms with van der Waals surface area (Å²) < 4.78 is 38.9. The number of nitrogens with zero attached hydrogens (tertiary/aromatic N) is 3. The topological polar surface area (TPSA) is 115 Å². The standard InChI is InChI=1S/C28H32F3N5O4/c29-28(30,31)19-5-3-4-18(16-19)25(38)33-17-24(37)36-15-10-21-22(36)9-14-35(21)20-7-11-27(12-8-20,34-26(39)40)23-6-1-2-13-32-23/h1-6,13,16,20-22,34H,7-12,14-15,17H2,(H,33,38)(H,39,40)/t20-,21?,22?,27-. The first-order chi connectivity index (χ1) is 19.1. The van der Waals surface area contributed by atoms with Crippen molar-refractivity contribution < 1.29 is 32.7 Å². The third kappa shape index (κ3) is 5.63.